The van der Waals surface area contributed by atoms with Crippen LogP contribution in [0.4, 0.5) is 0 Å². The summed E-state index contributed by atoms with van der Waals surface area (Å²) in [6.45, 7) is 15.1. The van der Waals surface area contributed by atoms with Crippen LogP contribution >= 0.6 is 0 Å². The quantitative estimate of drug-likeness (QED) is 0.274. The first-order valence-corrected chi connectivity index (χ1v) is 14.6. The fourth-order valence-corrected chi connectivity index (χ4v) is 5.44. The fourth-order valence-electron chi connectivity index (χ4n) is 5.44. The van der Waals surface area contributed by atoms with E-state index in [4.69, 9.17) is 0 Å². The molecule has 3 aromatic rings. The molecule has 9 heteroatoms. The Morgan fingerprint density at radius 3 is 1.07 bits per heavy atom. The largest absolute Gasteiger partial charge is 0.311 e. The van der Waals surface area contributed by atoms with E-state index in [0.717, 1.165) is 22.3 Å². The summed E-state index contributed by atoms with van der Waals surface area (Å²) in [4.78, 5) is 4.56. The Morgan fingerprint density at radius 2 is 0.773 bits per heavy atom. The molecular weight excluding hydrogens is 554 g/mol. The van der Waals surface area contributed by atoms with Crippen LogP contribution in [-0.4, -0.2) is 68.2 Å². The lowest BCUT2D eigenvalue weighted by molar-refractivity contribution is -0.223. The van der Waals surface area contributed by atoms with Gasteiger partial charge in [-0.25, -0.2) is 4.98 Å². The topological polar surface area (TPSA) is 107 Å². The van der Waals surface area contributed by atoms with Gasteiger partial charge in [0, 0.05) is 11.1 Å². The van der Waals surface area contributed by atoms with Gasteiger partial charge in [-0.15, -0.1) is 0 Å². The predicted octanol–water partition coefficient (Wildman–Crippen LogP) is 5.78. The van der Waals surface area contributed by atoms with E-state index in [1.165, 1.54) is 20.3 Å². The number of benzene rings is 2. The molecule has 2 aliphatic heterocycles. The van der Waals surface area contributed by atoms with E-state index < -0.39 is 34.5 Å². The van der Waals surface area contributed by atoms with Crippen LogP contribution in [0.1, 0.15) is 101 Å². The molecule has 1 aromatic heterocycles. The Hall–Kier alpha value is -3.61. The molecule has 9 nitrogen and oxygen atoms in total. The number of hydroxylamine groups is 8. The molecule has 3 heterocycles. The fraction of sp³-hybridized carbons (Fsp3) is 0.400. The van der Waals surface area contributed by atoms with E-state index in [1.807, 2.05) is 122 Å². The molecule has 0 unspecified atom stereocenters. The Bertz CT molecular complexity index is 1500. The summed E-state index contributed by atoms with van der Waals surface area (Å²) in [7, 11) is 0. The van der Waals surface area contributed by atoms with Crippen LogP contribution < -0.4 is 0 Å². The number of rotatable bonds is 2. The summed E-state index contributed by atoms with van der Waals surface area (Å²) in [5.74, 6) is 12.4. The molecule has 2 aromatic carbocycles. The molecule has 0 amide bonds. The first-order valence-electron chi connectivity index (χ1n) is 14.6. The molecule has 0 radical (unpaired) electrons. The van der Waals surface area contributed by atoms with Crippen molar-refractivity contribution < 1.29 is 20.8 Å². The zero-order valence-corrected chi connectivity index (χ0v) is 26.5. The highest BCUT2D eigenvalue weighted by Crippen LogP contribution is 2.48. The van der Waals surface area contributed by atoms with Gasteiger partial charge in [-0.05, 0) is 115 Å². The van der Waals surface area contributed by atoms with Crippen molar-refractivity contribution in [3.63, 3.8) is 0 Å². The Balaban J connectivity index is 1.28. The highest BCUT2D eigenvalue weighted by Gasteiger charge is 2.59. The molecule has 2 fully saturated rings. The average molecular weight is 596 g/mol. The summed E-state index contributed by atoms with van der Waals surface area (Å²) < 4.78 is 0. The summed E-state index contributed by atoms with van der Waals surface area (Å²) >= 11 is 0. The SMILES string of the molecule is CC1(C)N(O)C(c2ccc(C#Cc3cccc(C#Cc4ccc(C5N(O)C(C)(C)C(C)(C)N5O)cc4)n3)cc2)N(O)C1(C)C. The third-order valence-corrected chi connectivity index (χ3v) is 10.0. The van der Waals surface area contributed by atoms with Gasteiger partial charge in [-0.2, -0.15) is 20.3 Å². The summed E-state index contributed by atoms with van der Waals surface area (Å²) in [6.07, 6.45) is -1.38. The monoisotopic (exact) mass is 595 g/mol. The maximum atomic E-state index is 10.8. The van der Waals surface area contributed by atoms with Gasteiger partial charge in [0.1, 0.15) is 23.7 Å². The Morgan fingerprint density at radius 1 is 0.477 bits per heavy atom. The lowest BCUT2D eigenvalue weighted by Gasteiger charge is -2.37. The van der Waals surface area contributed by atoms with Gasteiger partial charge in [0.2, 0.25) is 0 Å². The molecule has 0 aliphatic carbocycles. The lowest BCUT2D eigenvalue weighted by Crippen LogP contribution is -2.52. The van der Waals surface area contributed by atoms with Crippen LogP contribution in [0.15, 0.2) is 66.7 Å². The standard InChI is InChI=1S/C35H41N5O4/c1-32(2)33(3,4)38(42)30(37(32)41)26-18-12-24(13-19-26)16-22-28-10-9-11-29(36-28)23-17-25-14-20-27(21-15-25)31-39(43)34(5,6)35(7,8)40(31)44/h9-15,18-21,30-31,41-44H,1-8H3. The maximum absolute atomic E-state index is 10.8. The number of aromatic nitrogens is 1. The highest BCUT2D eigenvalue weighted by atomic mass is 16.6. The van der Waals surface area contributed by atoms with E-state index in [9.17, 15) is 20.8 Å². The molecule has 0 spiro atoms. The molecule has 4 N–H and O–H groups in total. The van der Waals surface area contributed by atoms with Crippen molar-refractivity contribution in [3.8, 4) is 23.7 Å². The predicted molar refractivity (Wildman–Crippen MR) is 165 cm³/mol. The average Bonchev–Trinajstić information content (AvgIpc) is 3.19. The number of nitrogens with zero attached hydrogens (tertiary/aromatic N) is 5. The molecule has 0 saturated carbocycles. The first kappa shape index (κ1) is 31.8. The molecular formula is C35H41N5O4. The third kappa shape index (κ3) is 5.12. The van der Waals surface area contributed by atoms with Crippen molar-refractivity contribution in [3.05, 3.63) is 100 Å². The van der Waals surface area contributed by atoms with Crippen LogP contribution in [0.5, 0.6) is 0 Å². The normalized spacial score (nSPS) is 21.9. The molecule has 5 rings (SSSR count). The van der Waals surface area contributed by atoms with Crippen molar-refractivity contribution in [2.45, 2.75) is 89.9 Å². The number of hydrogen-bond acceptors (Lipinski definition) is 9. The van der Waals surface area contributed by atoms with Gasteiger partial charge in [-0.1, -0.05) is 42.2 Å². The minimum absolute atomic E-state index is 0.580. The maximum Gasteiger partial charge on any atom is 0.136 e. The van der Waals surface area contributed by atoms with Crippen LogP contribution in [0, 0.1) is 23.7 Å². The van der Waals surface area contributed by atoms with E-state index in [1.54, 1.807) is 0 Å². The van der Waals surface area contributed by atoms with E-state index in [2.05, 4.69) is 28.7 Å². The van der Waals surface area contributed by atoms with Crippen molar-refractivity contribution >= 4 is 0 Å². The first-order chi connectivity index (χ1) is 20.5. The van der Waals surface area contributed by atoms with Crippen molar-refractivity contribution in [1.82, 2.24) is 25.2 Å². The van der Waals surface area contributed by atoms with Gasteiger partial charge >= 0.3 is 0 Å². The van der Waals surface area contributed by atoms with Gasteiger partial charge < -0.3 is 20.8 Å². The second-order valence-electron chi connectivity index (χ2n) is 13.5. The van der Waals surface area contributed by atoms with Crippen LogP contribution in [0.25, 0.3) is 0 Å². The van der Waals surface area contributed by atoms with E-state index in [-0.39, 0.29) is 0 Å². The van der Waals surface area contributed by atoms with E-state index in [0.29, 0.717) is 11.4 Å². The van der Waals surface area contributed by atoms with Gasteiger partial charge in [0.15, 0.2) is 0 Å². The highest BCUT2D eigenvalue weighted by molar-refractivity contribution is 5.45. The smallest absolute Gasteiger partial charge is 0.136 e. The molecule has 0 bridgehead atoms. The molecule has 2 aliphatic rings. The van der Waals surface area contributed by atoms with Crippen molar-refractivity contribution in [2.75, 3.05) is 0 Å². The van der Waals surface area contributed by atoms with E-state index >= 15 is 0 Å². The van der Waals surface area contributed by atoms with Crippen LogP contribution in [-0.2, 0) is 0 Å². The van der Waals surface area contributed by atoms with Gasteiger partial charge in [0.25, 0.3) is 0 Å². The Kier molecular flexibility index (Phi) is 8.01. The van der Waals surface area contributed by atoms with Crippen LogP contribution in [0.2, 0.25) is 0 Å². The zero-order valence-electron chi connectivity index (χ0n) is 26.5. The van der Waals surface area contributed by atoms with Gasteiger partial charge in [-0.3, -0.25) is 0 Å². The van der Waals surface area contributed by atoms with Crippen molar-refractivity contribution in [1.29, 1.82) is 0 Å². The lowest BCUT2D eigenvalue weighted by atomic mass is 9.84. The number of pyridine rings is 1. The third-order valence-electron chi connectivity index (χ3n) is 10.0. The Labute approximate surface area is 259 Å². The van der Waals surface area contributed by atoms with Crippen LogP contribution in [0.3, 0.4) is 0 Å². The number of hydrogen-bond donors (Lipinski definition) is 4. The molecule has 0 atom stereocenters. The minimum atomic E-state index is -0.689. The minimum Gasteiger partial charge on any atom is -0.311 e. The molecule has 230 valence electrons. The summed E-state index contributed by atoms with van der Waals surface area (Å²) in [6, 6.07) is 20.3. The molecule has 2 saturated heterocycles. The second-order valence-corrected chi connectivity index (χ2v) is 13.5. The van der Waals surface area contributed by atoms with Crippen molar-refractivity contribution in [2.24, 2.45) is 0 Å². The summed E-state index contributed by atoms with van der Waals surface area (Å²) in [5, 5.41) is 48.0. The second kappa shape index (κ2) is 11.1. The zero-order chi connectivity index (χ0) is 32.2. The summed E-state index contributed by atoms with van der Waals surface area (Å²) in [5.41, 5.74) is 1.55. The molecule has 44 heavy (non-hydrogen) atoms. The van der Waals surface area contributed by atoms with Gasteiger partial charge in [0.05, 0.1) is 22.2 Å².